The van der Waals surface area contributed by atoms with E-state index in [1.807, 2.05) is 61.5 Å². The zero-order valence-electron chi connectivity index (χ0n) is 17.4. The highest BCUT2D eigenvalue weighted by Gasteiger charge is 2.15. The van der Waals surface area contributed by atoms with Gasteiger partial charge in [0, 0.05) is 11.8 Å². The van der Waals surface area contributed by atoms with Crippen LogP contribution in [0.1, 0.15) is 43.4 Å². The van der Waals surface area contributed by atoms with Crippen molar-refractivity contribution in [1.29, 1.82) is 0 Å². The lowest BCUT2D eigenvalue weighted by Crippen LogP contribution is -2.18. The first-order valence-corrected chi connectivity index (χ1v) is 10.2. The molecule has 0 saturated heterocycles. The monoisotopic (exact) mass is 387 g/mol. The van der Waals surface area contributed by atoms with Gasteiger partial charge in [0.05, 0.1) is 5.92 Å². The number of hydrogen-bond donors (Lipinski definition) is 1. The molecule has 1 amide bonds. The molecule has 3 nitrogen and oxygen atoms in total. The SMILES string of the molecule is CC(C)Cc1ccc(C(C)C(=O)Nc2cccc(OCc3ccccc3)c2)cc1. The summed E-state index contributed by atoms with van der Waals surface area (Å²) in [6.45, 7) is 6.85. The van der Waals surface area contributed by atoms with Crippen LogP contribution in [0.3, 0.4) is 0 Å². The number of anilines is 1. The molecule has 3 rings (SSSR count). The molecule has 0 radical (unpaired) electrons. The lowest BCUT2D eigenvalue weighted by molar-refractivity contribution is -0.117. The van der Waals surface area contributed by atoms with E-state index in [9.17, 15) is 4.79 Å². The van der Waals surface area contributed by atoms with Crippen LogP contribution in [0.5, 0.6) is 5.75 Å². The standard InChI is InChI=1S/C26H29NO2/c1-19(2)16-21-12-14-23(15-13-21)20(3)26(28)27-24-10-7-11-25(17-24)29-18-22-8-5-4-6-9-22/h4-15,17,19-20H,16,18H2,1-3H3,(H,27,28). The number of hydrogen-bond acceptors (Lipinski definition) is 2. The van der Waals surface area contributed by atoms with Gasteiger partial charge in [0.1, 0.15) is 12.4 Å². The molecule has 3 heteroatoms. The molecule has 0 fully saturated rings. The molecule has 0 aromatic heterocycles. The van der Waals surface area contributed by atoms with Crippen LogP contribution in [-0.2, 0) is 17.8 Å². The Labute approximate surface area is 173 Å². The molecule has 0 aliphatic carbocycles. The summed E-state index contributed by atoms with van der Waals surface area (Å²) in [5.41, 5.74) is 4.17. The van der Waals surface area contributed by atoms with E-state index in [-0.39, 0.29) is 11.8 Å². The van der Waals surface area contributed by atoms with Crippen LogP contribution in [0.15, 0.2) is 78.9 Å². The third-order valence-electron chi connectivity index (χ3n) is 4.87. The minimum absolute atomic E-state index is 0.0261. The van der Waals surface area contributed by atoms with Crippen molar-refractivity contribution in [3.05, 3.63) is 95.6 Å². The molecule has 0 spiro atoms. The Morgan fingerprint density at radius 3 is 2.28 bits per heavy atom. The van der Waals surface area contributed by atoms with E-state index < -0.39 is 0 Å². The Balaban J connectivity index is 1.59. The van der Waals surface area contributed by atoms with Gasteiger partial charge in [-0.2, -0.15) is 0 Å². The summed E-state index contributed by atoms with van der Waals surface area (Å²) in [6, 6.07) is 25.9. The number of carbonyl (C=O) groups is 1. The Kier molecular flexibility index (Phi) is 7.07. The van der Waals surface area contributed by atoms with E-state index in [0.29, 0.717) is 12.5 Å². The summed E-state index contributed by atoms with van der Waals surface area (Å²) >= 11 is 0. The molecule has 150 valence electrons. The van der Waals surface area contributed by atoms with Crippen LogP contribution in [0.25, 0.3) is 0 Å². The van der Waals surface area contributed by atoms with Gasteiger partial charge in [-0.15, -0.1) is 0 Å². The fraction of sp³-hybridized carbons (Fsp3) is 0.269. The van der Waals surface area contributed by atoms with E-state index in [0.717, 1.165) is 29.0 Å². The Morgan fingerprint density at radius 2 is 1.59 bits per heavy atom. The van der Waals surface area contributed by atoms with Crippen LogP contribution in [0, 0.1) is 5.92 Å². The van der Waals surface area contributed by atoms with Crippen molar-refractivity contribution in [3.63, 3.8) is 0 Å². The molecule has 3 aromatic carbocycles. The predicted octanol–water partition coefficient (Wildman–Crippen LogP) is 6.21. The van der Waals surface area contributed by atoms with Crippen molar-refractivity contribution in [1.82, 2.24) is 0 Å². The summed E-state index contributed by atoms with van der Waals surface area (Å²) in [6.07, 6.45) is 1.05. The van der Waals surface area contributed by atoms with Crippen LogP contribution in [0.2, 0.25) is 0 Å². The summed E-state index contributed by atoms with van der Waals surface area (Å²) < 4.78 is 5.85. The van der Waals surface area contributed by atoms with E-state index in [1.165, 1.54) is 5.56 Å². The zero-order valence-corrected chi connectivity index (χ0v) is 17.4. The van der Waals surface area contributed by atoms with E-state index in [1.54, 1.807) is 0 Å². The number of benzene rings is 3. The maximum absolute atomic E-state index is 12.7. The number of amides is 1. The summed E-state index contributed by atoms with van der Waals surface area (Å²) in [4.78, 5) is 12.7. The molecular weight excluding hydrogens is 358 g/mol. The molecule has 0 aliphatic rings. The zero-order chi connectivity index (χ0) is 20.6. The van der Waals surface area contributed by atoms with Crippen molar-refractivity contribution in [2.45, 2.75) is 39.7 Å². The molecule has 0 aliphatic heterocycles. The highest BCUT2D eigenvalue weighted by Crippen LogP contribution is 2.22. The van der Waals surface area contributed by atoms with Crippen molar-refractivity contribution in [3.8, 4) is 5.75 Å². The third-order valence-corrected chi connectivity index (χ3v) is 4.87. The second kappa shape index (κ2) is 9.92. The van der Waals surface area contributed by atoms with Gasteiger partial charge in [0.15, 0.2) is 0 Å². The third kappa shape index (κ3) is 6.21. The van der Waals surface area contributed by atoms with Gasteiger partial charge in [-0.1, -0.05) is 74.5 Å². The molecule has 1 unspecified atom stereocenters. The highest BCUT2D eigenvalue weighted by molar-refractivity contribution is 5.95. The van der Waals surface area contributed by atoms with Crippen molar-refractivity contribution < 1.29 is 9.53 Å². The first kappa shape index (κ1) is 20.7. The second-order valence-electron chi connectivity index (χ2n) is 7.85. The number of rotatable bonds is 8. The average Bonchev–Trinajstić information content (AvgIpc) is 2.73. The van der Waals surface area contributed by atoms with Gasteiger partial charge in [-0.3, -0.25) is 4.79 Å². The first-order chi connectivity index (χ1) is 14.0. The molecule has 1 N–H and O–H groups in total. The van der Waals surface area contributed by atoms with Crippen molar-refractivity contribution in [2.24, 2.45) is 5.92 Å². The Hall–Kier alpha value is -3.07. The Morgan fingerprint density at radius 1 is 0.862 bits per heavy atom. The van der Waals surface area contributed by atoms with Gasteiger partial charge < -0.3 is 10.1 Å². The van der Waals surface area contributed by atoms with Crippen LogP contribution in [0.4, 0.5) is 5.69 Å². The molecule has 0 saturated carbocycles. The lowest BCUT2D eigenvalue weighted by Gasteiger charge is -2.14. The molecule has 29 heavy (non-hydrogen) atoms. The van der Waals surface area contributed by atoms with E-state index >= 15 is 0 Å². The minimum Gasteiger partial charge on any atom is -0.489 e. The van der Waals surface area contributed by atoms with Gasteiger partial charge in [-0.05, 0) is 48.1 Å². The fourth-order valence-electron chi connectivity index (χ4n) is 3.22. The van der Waals surface area contributed by atoms with Crippen molar-refractivity contribution in [2.75, 3.05) is 5.32 Å². The van der Waals surface area contributed by atoms with Gasteiger partial charge in [0.25, 0.3) is 0 Å². The summed E-state index contributed by atoms with van der Waals surface area (Å²) in [7, 11) is 0. The minimum atomic E-state index is -0.225. The van der Waals surface area contributed by atoms with Gasteiger partial charge in [-0.25, -0.2) is 0 Å². The first-order valence-electron chi connectivity index (χ1n) is 10.2. The van der Waals surface area contributed by atoms with Gasteiger partial charge in [0.2, 0.25) is 5.91 Å². The maximum atomic E-state index is 12.7. The largest absolute Gasteiger partial charge is 0.489 e. The summed E-state index contributed by atoms with van der Waals surface area (Å²) in [5, 5.41) is 3.01. The second-order valence-corrected chi connectivity index (χ2v) is 7.85. The lowest BCUT2D eigenvalue weighted by atomic mass is 9.96. The van der Waals surface area contributed by atoms with Crippen LogP contribution < -0.4 is 10.1 Å². The topological polar surface area (TPSA) is 38.3 Å². The van der Waals surface area contributed by atoms with Crippen LogP contribution in [-0.4, -0.2) is 5.91 Å². The molecular formula is C26H29NO2. The molecule has 1 atom stereocenters. The molecule has 3 aromatic rings. The number of nitrogens with one attached hydrogen (secondary N) is 1. The van der Waals surface area contributed by atoms with Crippen molar-refractivity contribution >= 4 is 11.6 Å². The summed E-state index contributed by atoms with van der Waals surface area (Å²) in [5.74, 6) is 1.11. The number of carbonyl (C=O) groups excluding carboxylic acids is 1. The fourth-order valence-corrected chi connectivity index (χ4v) is 3.22. The Bertz CT molecular complexity index is 917. The highest BCUT2D eigenvalue weighted by atomic mass is 16.5. The molecule has 0 bridgehead atoms. The smallest absolute Gasteiger partial charge is 0.231 e. The van der Waals surface area contributed by atoms with Gasteiger partial charge >= 0.3 is 0 Å². The van der Waals surface area contributed by atoms with Crippen LogP contribution >= 0.6 is 0 Å². The predicted molar refractivity (Wildman–Crippen MR) is 119 cm³/mol. The normalized spacial score (nSPS) is 11.9. The average molecular weight is 388 g/mol. The number of ether oxygens (including phenoxy) is 1. The quantitative estimate of drug-likeness (QED) is 0.499. The molecule has 0 heterocycles. The maximum Gasteiger partial charge on any atom is 0.231 e. The van der Waals surface area contributed by atoms with E-state index in [4.69, 9.17) is 4.74 Å². The van der Waals surface area contributed by atoms with E-state index in [2.05, 4.69) is 43.4 Å².